The monoisotopic (exact) mass is 457 g/mol. The van der Waals surface area contributed by atoms with Crippen molar-refractivity contribution in [1.29, 1.82) is 0 Å². The molecule has 33 heavy (non-hydrogen) atoms. The maximum absolute atomic E-state index is 13.7. The molecule has 3 aromatic carbocycles. The van der Waals surface area contributed by atoms with E-state index in [1.165, 1.54) is 22.3 Å². The number of fused-ring (bicyclic) bond motifs is 1. The zero-order chi connectivity index (χ0) is 22.6. The Morgan fingerprint density at radius 2 is 1.76 bits per heavy atom. The third-order valence-electron chi connectivity index (χ3n) is 8.58. The normalized spacial score (nSPS) is 30.0. The number of ether oxygens (including phenoxy) is 1. The number of rotatable bonds is 4. The average Bonchev–Trinajstić information content (AvgIpc) is 3.26. The second-order valence-electron chi connectivity index (χ2n) is 9.90. The van der Waals surface area contributed by atoms with E-state index in [0.717, 1.165) is 37.5 Å². The summed E-state index contributed by atoms with van der Waals surface area (Å²) < 4.78 is 5.57. The smallest absolute Gasteiger partial charge is 0.314 e. The SMILES string of the molecule is COC(=O)C12CN(Cc3ccccc3)CC1C1(c3ccc(Cl)cc3)CCC2c2ccccc21. The predicted octanol–water partition coefficient (Wildman–Crippen LogP) is 5.81. The van der Waals surface area contributed by atoms with Gasteiger partial charge in [-0.3, -0.25) is 9.69 Å². The van der Waals surface area contributed by atoms with Crippen molar-refractivity contribution in [3.8, 4) is 0 Å². The zero-order valence-corrected chi connectivity index (χ0v) is 19.6. The van der Waals surface area contributed by atoms with Crippen LogP contribution in [0.15, 0.2) is 78.9 Å². The minimum atomic E-state index is -0.546. The fraction of sp³-hybridized carbons (Fsp3) is 0.345. The van der Waals surface area contributed by atoms with E-state index in [2.05, 4.69) is 71.6 Å². The summed E-state index contributed by atoms with van der Waals surface area (Å²) in [4.78, 5) is 16.2. The molecule has 0 radical (unpaired) electrons. The van der Waals surface area contributed by atoms with Gasteiger partial charge in [0.25, 0.3) is 0 Å². The molecule has 0 aromatic heterocycles. The van der Waals surface area contributed by atoms with Crippen molar-refractivity contribution in [2.24, 2.45) is 11.3 Å². The summed E-state index contributed by atoms with van der Waals surface area (Å²) in [6.45, 7) is 2.45. The van der Waals surface area contributed by atoms with E-state index < -0.39 is 5.41 Å². The summed E-state index contributed by atoms with van der Waals surface area (Å²) >= 11 is 6.29. The number of halogens is 1. The van der Waals surface area contributed by atoms with Gasteiger partial charge in [0.05, 0.1) is 12.5 Å². The number of benzene rings is 3. The van der Waals surface area contributed by atoms with E-state index in [4.69, 9.17) is 16.3 Å². The molecule has 4 atom stereocenters. The van der Waals surface area contributed by atoms with Crippen molar-refractivity contribution in [3.05, 3.63) is 106 Å². The second kappa shape index (κ2) is 7.72. The number of hydrogen-bond donors (Lipinski definition) is 0. The van der Waals surface area contributed by atoms with Gasteiger partial charge in [-0.2, -0.15) is 0 Å². The molecular formula is C29H28ClNO2. The first-order valence-electron chi connectivity index (χ1n) is 11.8. The summed E-state index contributed by atoms with van der Waals surface area (Å²) in [5.41, 5.74) is 4.47. The highest BCUT2D eigenvalue weighted by molar-refractivity contribution is 6.30. The van der Waals surface area contributed by atoms with Crippen LogP contribution in [0.3, 0.4) is 0 Å². The molecule has 0 N–H and O–H groups in total. The van der Waals surface area contributed by atoms with Crippen LogP contribution in [-0.4, -0.2) is 31.1 Å². The second-order valence-corrected chi connectivity index (χ2v) is 10.3. The molecular weight excluding hydrogens is 430 g/mol. The van der Waals surface area contributed by atoms with Gasteiger partial charge in [0.15, 0.2) is 0 Å². The minimum Gasteiger partial charge on any atom is -0.469 e. The Morgan fingerprint density at radius 3 is 2.52 bits per heavy atom. The zero-order valence-electron chi connectivity index (χ0n) is 18.8. The van der Waals surface area contributed by atoms with E-state index in [9.17, 15) is 4.79 Å². The molecule has 2 bridgehead atoms. The van der Waals surface area contributed by atoms with E-state index in [1.807, 2.05) is 12.1 Å². The van der Waals surface area contributed by atoms with Crippen molar-refractivity contribution < 1.29 is 9.53 Å². The van der Waals surface area contributed by atoms with Gasteiger partial charge in [-0.05, 0) is 47.2 Å². The lowest BCUT2D eigenvalue weighted by atomic mass is 9.42. The molecule has 2 fully saturated rings. The van der Waals surface area contributed by atoms with Crippen LogP contribution in [0, 0.1) is 11.3 Å². The van der Waals surface area contributed by atoms with Crippen molar-refractivity contribution in [3.63, 3.8) is 0 Å². The maximum atomic E-state index is 13.7. The van der Waals surface area contributed by atoms with Gasteiger partial charge in [0.1, 0.15) is 0 Å². The lowest BCUT2D eigenvalue weighted by Gasteiger charge is -2.59. The largest absolute Gasteiger partial charge is 0.469 e. The molecule has 0 amide bonds. The number of hydrogen-bond acceptors (Lipinski definition) is 3. The van der Waals surface area contributed by atoms with E-state index in [0.29, 0.717) is 0 Å². The van der Waals surface area contributed by atoms with E-state index in [-0.39, 0.29) is 23.2 Å². The van der Waals surface area contributed by atoms with Crippen molar-refractivity contribution in [2.75, 3.05) is 20.2 Å². The molecule has 1 saturated heterocycles. The fourth-order valence-corrected chi connectivity index (χ4v) is 7.56. The topological polar surface area (TPSA) is 29.5 Å². The lowest BCUT2D eigenvalue weighted by Crippen LogP contribution is -2.60. The maximum Gasteiger partial charge on any atom is 0.314 e. The van der Waals surface area contributed by atoms with E-state index >= 15 is 0 Å². The molecule has 3 aliphatic carbocycles. The van der Waals surface area contributed by atoms with Gasteiger partial charge in [-0.25, -0.2) is 0 Å². The number of likely N-dealkylation sites (tertiary alicyclic amines) is 1. The minimum absolute atomic E-state index is 0.0550. The Balaban J connectivity index is 1.55. The van der Waals surface area contributed by atoms with Crippen LogP contribution < -0.4 is 0 Å². The van der Waals surface area contributed by atoms with Gasteiger partial charge in [0.2, 0.25) is 0 Å². The van der Waals surface area contributed by atoms with Crippen LogP contribution in [0.4, 0.5) is 0 Å². The summed E-state index contributed by atoms with van der Waals surface area (Å²) in [5, 5.41) is 0.740. The Bertz CT molecular complexity index is 1190. The number of esters is 1. The van der Waals surface area contributed by atoms with Crippen molar-refractivity contribution in [2.45, 2.75) is 30.7 Å². The standard InChI is InChI=1S/C29H28ClNO2/c1-33-27(32)29-19-31(17-20-7-3-2-4-8-20)18-26(29)28(21-11-13-22(30)14-12-21)16-15-25(29)23-9-5-6-10-24(23)28/h2-14,25-26H,15-19H2,1H3. The first kappa shape index (κ1) is 20.9. The Hall–Kier alpha value is -2.62. The molecule has 168 valence electrons. The van der Waals surface area contributed by atoms with Gasteiger partial charge in [0, 0.05) is 41.9 Å². The van der Waals surface area contributed by atoms with Crippen LogP contribution in [0.25, 0.3) is 0 Å². The molecule has 3 nitrogen and oxygen atoms in total. The first-order valence-corrected chi connectivity index (χ1v) is 12.2. The Labute approximate surface area is 200 Å². The van der Waals surface area contributed by atoms with Crippen LogP contribution in [0.5, 0.6) is 0 Å². The molecule has 3 aromatic rings. The quantitative estimate of drug-likeness (QED) is 0.463. The number of carbonyl (C=O) groups is 1. The molecule has 7 rings (SSSR count). The number of carbonyl (C=O) groups excluding carboxylic acids is 1. The first-order chi connectivity index (χ1) is 16.1. The molecule has 4 heteroatoms. The molecule has 4 aliphatic rings. The lowest BCUT2D eigenvalue weighted by molar-refractivity contribution is -0.161. The Kier molecular flexibility index (Phi) is 4.90. The van der Waals surface area contributed by atoms with Crippen LogP contribution in [-0.2, 0) is 21.5 Å². The van der Waals surface area contributed by atoms with Gasteiger partial charge >= 0.3 is 5.97 Å². The van der Waals surface area contributed by atoms with Gasteiger partial charge < -0.3 is 4.74 Å². The highest BCUT2D eigenvalue weighted by Crippen LogP contribution is 2.69. The molecule has 4 unspecified atom stereocenters. The highest BCUT2D eigenvalue weighted by atomic mass is 35.5. The Morgan fingerprint density at radius 1 is 1.03 bits per heavy atom. The molecule has 1 saturated carbocycles. The van der Waals surface area contributed by atoms with Gasteiger partial charge in [-0.15, -0.1) is 0 Å². The molecule has 0 spiro atoms. The predicted molar refractivity (Wildman–Crippen MR) is 130 cm³/mol. The van der Waals surface area contributed by atoms with E-state index in [1.54, 1.807) is 7.11 Å². The number of methoxy groups -OCH3 is 1. The molecule has 1 aliphatic heterocycles. The van der Waals surface area contributed by atoms with Gasteiger partial charge in [-0.1, -0.05) is 78.3 Å². The summed E-state index contributed by atoms with van der Waals surface area (Å²) in [6, 6.07) is 27.7. The molecule has 1 heterocycles. The number of nitrogens with zero attached hydrogens (tertiary/aromatic N) is 1. The van der Waals surface area contributed by atoms with Crippen molar-refractivity contribution >= 4 is 17.6 Å². The third kappa shape index (κ3) is 2.88. The summed E-state index contributed by atoms with van der Waals surface area (Å²) in [5.74, 6) is 0.276. The fourth-order valence-electron chi connectivity index (χ4n) is 7.43. The summed E-state index contributed by atoms with van der Waals surface area (Å²) in [7, 11) is 1.55. The van der Waals surface area contributed by atoms with Crippen LogP contribution >= 0.6 is 11.6 Å². The summed E-state index contributed by atoms with van der Waals surface area (Å²) in [6.07, 6.45) is 2.03. The van der Waals surface area contributed by atoms with Crippen LogP contribution in [0.1, 0.15) is 41.0 Å². The average molecular weight is 458 g/mol. The third-order valence-corrected chi connectivity index (χ3v) is 8.83. The van der Waals surface area contributed by atoms with Crippen molar-refractivity contribution in [1.82, 2.24) is 4.90 Å². The van der Waals surface area contributed by atoms with Crippen LogP contribution in [0.2, 0.25) is 5.02 Å². The highest BCUT2D eigenvalue weighted by Gasteiger charge is 2.70.